The van der Waals surface area contributed by atoms with Crippen molar-refractivity contribution < 1.29 is 4.79 Å². The molecule has 0 unspecified atom stereocenters. The predicted octanol–water partition coefficient (Wildman–Crippen LogP) is 6.14. The molecule has 1 aliphatic rings. The Balaban J connectivity index is 2.28. The zero-order chi connectivity index (χ0) is 14.6. The third kappa shape index (κ3) is 7.07. The van der Waals surface area contributed by atoms with Crippen molar-refractivity contribution in [1.29, 1.82) is 0 Å². The molecule has 0 radical (unpaired) electrons. The summed E-state index contributed by atoms with van der Waals surface area (Å²) in [7, 11) is 0. The number of unbranched alkanes of at least 4 members (excludes halogenated alkanes) is 8. The molecule has 0 heterocycles. The molecule has 0 fully saturated rings. The highest BCUT2D eigenvalue weighted by atomic mass is 16.1. The van der Waals surface area contributed by atoms with E-state index < -0.39 is 0 Å². The smallest absolute Gasteiger partial charge is 0.160 e. The van der Waals surface area contributed by atoms with Gasteiger partial charge in [-0.1, -0.05) is 64.9 Å². The first kappa shape index (κ1) is 17.2. The van der Waals surface area contributed by atoms with E-state index in [4.69, 9.17) is 0 Å². The molecule has 0 aromatic heterocycles. The summed E-state index contributed by atoms with van der Waals surface area (Å²) in [6.07, 6.45) is 18.9. The normalized spacial score (nSPS) is 17.0. The van der Waals surface area contributed by atoms with Gasteiger partial charge >= 0.3 is 0 Å². The van der Waals surface area contributed by atoms with Crippen LogP contribution in [0.4, 0.5) is 0 Å². The minimum atomic E-state index is 0.313. The average molecular weight is 276 g/mol. The van der Waals surface area contributed by atoms with Crippen LogP contribution in [-0.2, 0) is 4.79 Å². The zero-order valence-electron chi connectivity index (χ0n) is 13.5. The topological polar surface area (TPSA) is 17.1 Å². The van der Waals surface area contributed by atoms with Crippen LogP contribution in [-0.4, -0.2) is 5.78 Å². The lowest BCUT2D eigenvalue weighted by Crippen LogP contribution is -1.88. The van der Waals surface area contributed by atoms with Crippen molar-refractivity contribution in [3.05, 3.63) is 23.3 Å². The number of carbonyl (C=O) groups excluding carboxylic acids is 1. The van der Waals surface area contributed by atoms with Crippen LogP contribution in [0.25, 0.3) is 0 Å². The van der Waals surface area contributed by atoms with Gasteiger partial charge < -0.3 is 0 Å². The molecule has 0 bridgehead atoms. The second-order valence-electron chi connectivity index (χ2n) is 6.06. The Bertz CT molecular complexity index is 336. The van der Waals surface area contributed by atoms with E-state index in [1.807, 2.05) is 6.08 Å². The highest BCUT2D eigenvalue weighted by molar-refractivity contribution is 5.97. The van der Waals surface area contributed by atoms with Gasteiger partial charge in [-0.3, -0.25) is 4.79 Å². The van der Waals surface area contributed by atoms with Crippen molar-refractivity contribution in [2.24, 2.45) is 0 Å². The van der Waals surface area contributed by atoms with E-state index >= 15 is 0 Å². The summed E-state index contributed by atoms with van der Waals surface area (Å²) in [5.74, 6) is 0.313. The molecule has 1 heteroatoms. The maximum absolute atomic E-state index is 11.6. The summed E-state index contributed by atoms with van der Waals surface area (Å²) in [4.78, 5) is 11.6. The standard InChI is InChI=1S/C19H32O/c1-3-5-7-9-11-13-17-15-19(20)16-18(17)14-12-10-8-6-4-2/h13,16H,3-12,14-15H2,1-2H3/b17-13+. The average Bonchev–Trinajstić information content (AvgIpc) is 2.79. The predicted molar refractivity (Wildman–Crippen MR) is 87.9 cm³/mol. The molecule has 0 aliphatic heterocycles. The number of carbonyl (C=O) groups is 1. The zero-order valence-corrected chi connectivity index (χ0v) is 13.5. The highest BCUT2D eigenvalue weighted by Gasteiger charge is 2.17. The van der Waals surface area contributed by atoms with Crippen molar-refractivity contribution in [1.82, 2.24) is 0 Å². The molecule has 0 amide bonds. The molecular formula is C19H32O. The fourth-order valence-electron chi connectivity index (χ4n) is 2.84. The van der Waals surface area contributed by atoms with Crippen LogP contribution in [0.1, 0.15) is 90.9 Å². The monoisotopic (exact) mass is 276 g/mol. The lowest BCUT2D eigenvalue weighted by Gasteiger charge is -2.05. The largest absolute Gasteiger partial charge is 0.294 e. The van der Waals surface area contributed by atoms with Gasteiger partial charge in [0.1, 0.15) is 0 Å². The summed E-state index contributed by atoms with van der Waals surface area (Å²) in [5, 5.41) is 0. The Hall–Kier alpha value is -0.850. The second kappa shape index (κ2) is 10.9. The molecule has 1 aliphatic carbocycles. The van der Waals surface area contributed by atoms with Gasteiger partial charge in [0.2, 0.25) is 0 Å². The van der Waals surface area contributed by atoms with Crippen LogP contribution < -0.4 is 0 Å². The Morgan fingerprint density at radius 3 is 2.30 bits per heavy atom. The first-order valence-corrected chi connectivity index (χ1v) is 8.70. The molecule has 0 N–H and O–H groups in total. The molecule has 114 valence electrons. The quantitative estimate of drug-likeness (QED) is 0.414. The molecule has 0 atom stereocenters. The van der Waals surface area contributed by atoms with Gasteiger partial charge in [0.15, 0.2) is 5.78 Å². The third-order valence-corrected chi connectivity index (χ3v) is 4.11. The fraction of sp³-hybridized carbons (Fsp3) is 0.737. The lowest BCUT2D eigenvalue weighted by atomic mass is 10.00. The van der Waals surface area contributed by atoms with Gasteiger partial charge in [-0.15, -0.1) is 0 Å². The molecule has 20 heavy (non-hydrogen) atoms. The van der Waals surface area contributed by atoms with Crippen LogP contribution in [0, 0.1) is 0 Å². The van der Waals surface area contributed by atoms with Gasteiger partial charge in [0, 0.05) is 6.42 Å². The molecule has 0 saturated heterocycles. The van der Waals surface area contributed by atoms with Gasteiger partial charge in [-0.05, 0) is 42.9 Å². The van der Waals surface area contributed by atoms with Crippen LogP contribution in [0.5, 0.6) is 0 Å². The Labute approximate surface area is 125 Å². The van der Waals surface area contributed by atoms with E-state index in [9.17, 15) is 4.79 Å². The Kier molecular flexibility index (Phi) is 9.36. The van der Waals surface area contributed by atoms with Crippen LogP contribution in [0.3, 0.4) is 0 Å². The number of ketones is 1. The summed E-state index contributed by atoms with van der Waals surface area (Å²) in [6, 6.07) is 0. The number of hydrogen-bond donors (Lipinski definition) is 0. The van der Waals surface area contributed by atoms with Crippen molar-refractivity contribution in [3.8, 4) is 0 Å². The Morgan fingerprint density at radius 1 is 0.950 bits per heavy atom. The molecule has 0 aromatic rings. The van der Waals surface area contributed by atoms with Crippen LogP contribution in [0.15, 0.2) is 23.3 Å². The highest BCUT2D eigenvalue weighted by Crippen LogP contribution is 2.28. The third-order valence-electron chi connectivity index (χ3n) is 4.11. The second-order valence-corrected chi connectivity index (χ2v) is 6.06. The first-order chi connectivity index (χ1) is 9.77. The van der Waals surface area contributed by atoms with Gasteiger partial charge in [-0.2, -0.15) is 0 Å². The molecule has 0 spiro atoms. The summed E-state index contributed by atoms with van der Waals surface area (Å²) in [6.45, 7) is 4.49. The minimum Gasteiger partial charge on any atom is -0.294 e. The van der Waals surface area contributed by atoms with E-state index in [-0.39, 0.29) is 0 Å². The number of allylic oxidation sites excluding steroid dienone is 4. The van der Waals surface area contributed by atoms with Crippen molar-refractivity contribution >= 4 is 5.78 Å². The van der Waals surface area contributed by atoms with Crippen LogP contribution in [0.2, 0.25) is 0 Å². The van der Waals surface area contributed by atoms with E-state index in [2.05, 4.69) is 19.9 Å². The molecule has 0 aromatic carbocycles. The van der Waals surface area contributed by atoms with Gasteiger partial charge in [0.05, 0.1) is 0 Å². The van der Waals surface area contributed by atoms with E-state index in [1.54, 1.807) is 0 Å². The number of hydrogen-bond acceptors (Lipinski definition) is 1. The summed E-state index contributed by atoms with van der Waals surface area (Å²) >= 11 is 0. The van der Waals surface area contributed by atoms with Crippen LogP contribution >= 0.6 is 0 Å². The molecular weight excluding hydrogens is 244 g/mol. The summed E-state index contributed by atoms with van der Waals surface area (Å²) < 4.78 is 0. The van der Waals surface area contributed by atoms with Crippen molar-refractivity contribution in [2.45, 2.75) is 90.9 Å². The maximum Gasteiger partial charge on any atom is 0.160 e. The summed E-state index contributed by atoms with van der Waals surface area (Å²) in [5.41, 5.74) is 2.67. The van der Waals surface area contributed by atoms with Gasteiger partial charge in [-0.25, -0.2) is 0 Å². The molecule has 1 rings (SSSR count). The van der Waals surface area contributed by atoms with Gasteiger partial charge in [0.25, 0.3) is 0 Å². The Morgan fingerprint density at radius 2 is 1.60 bits per heavy atom. The minimum absolute atomic E-state index is 0.313. The SMILES string of the molecule is CCCCCC/C=C1\CC(=O)C=C1CCCCCCC. The van der Waals surface area contributed by atoms with Crippen molar-refractivity contribution in [3.63, 3.8) is 0 Å². The first-order valence-electron chi connectivity index (χ1n) is 8.70. The molecule has 1 nitrogen and oxygen atoms in total. The maximum atomic E-state index is 11.6. The fourth-order valence-corrected chi connectivity index (χ4v) is 2.84. The number of rotatable bonds is 11. The van der Waals surface area contributed by atoms with E-state index in [0.29, 0.717) is 12.2 Å². The lowest BCUT2D eigenvalue weighted by molar-refractivity contribution is -0.113. The van der Waals surface area contributed by atoms with E-state index in [0.717, 1.165) is 12.8 Å². The van der Waals surface area contributed by atoms with E-state index in [1.165, 1.54) is 68.9 Å². The molecule has 0 saturated carbocycles. The van der Waals surface area contributed by atoms with Crippen molar-refractivity contribution in [2.75, 3.05) is 0 Å².